The summed E-state index contributed by atoms with van der Waals surface area (Å²) in [5, 5.41) is 3.73. The van der Waals surface area contributed by atoms with E-state index in [9.17, 15) is 4.79 Å². The average Bonchev–Trinajstić information content (AvgIpc) is 2.55. The Balaban J connectivity index is 1.94. The molecule has 0 aromatic heterocycles. The number of nitrogens with one attached hydrogen (secondary N) is 1. The first-order chi connectivity index (χ1) is 11.5. The number of amides is 1. The molecule has 1 N–H and O–H groups in total. The smallest absolute Gasteiger partial charge is 0.248 e. The van der Waals surface area contributed by atoms with E-state index in [2.05, 4.69) is 10.2 Å². The van der Waals surface area contributed by atoms with Crippen LogP contribution in [0.2, 0.25) is 10.0 Å². The zero-order valence-electron chi connectivity index (χ0n) is 13.7. The fraction of sp³-hybridized carbons (Fsp3) is 0.211. The van der Waals surface area contributed by atoms with Gasteiger partial charge in [-0.1, -0.05) is 47.5 Å². The highest BCUT2D eigenvalue weighted by Gasteiger charge is 2.03. The van der Waals surface area contributed by atoms with Crippen LogP contribution in [0.4, 0.5) is 5.69 Å². The Morgan fingerprint density at radius 2 is 1.83 bits per heavy atom. The minimum atomic E-state index is -0.216. The topological polar surface area (TPSA) is 32.3 Å². The SMILES string of the molecule is CN(C)CCc1ccc(NC(=O)/C=C/c2cccc(Cl)c2Cl)cc1. The number of likely N-dealkylation sites (N-methyl/N-ethyl adjacent to an activating group) is 1. The van der Waals surface area contributed by atoms with Crippen LogP contribution in [0.15, 0.2) is 48.5 Å². The molecular formula is C19H20Cl2N2O. The van der Waals surface area contributed by atoms with E-state index in [1.54, 1.807) is 24.3 Å². The monoisotopic (exact) mass is 362 g/mol. The summed E-state index contributed by atoms with van der Waals surface area (Å²) in [5.41, 5.74) is 2.71. The second-order valence-corrected chi connectivity index (χ2v) is 6.50. The quantitative estimate of drug-likeness (QED) is 0.752. The lowest BCUT2D eigenvalue weighted by Gasteiger charge is -2.09. The number of carbonyl (C=O) groups is 1. The molecule has 0 spiro atoms. The van der Waals surface area contributed by atoms with Crippen molar-refractivity contribution in [3.05, 3.63) is 69.7 Å². The van der Waals surface area contributed by atoms with Gasteiger partial charge in [-0.3, -0.25) is 4.79 Å². The third kappa shape index (κ3) is 5.68. The van der Waals surface area contributed by atoms with Crippen LogP contribution in [-0.2, 0) is 11.2 Å². The van der Waals surface area contributed by atoms with Crippen LogP contribution in [0.1, 0.15) is 11.1 Å². The van der Waals surface area contributed by atoms with E-state index < -0.39 is 0 Å². The first kappa shape index (κ1) is 18.5. The molecule has 5 heteroatoms. The van der Waals surface area contributed by atoms with Gasteiger partial charge in [-0.15, -0.1) is 0 Å². The predicted octanol–water partition coefficient (Wildman–Crippen LogP) is 4.75. The zero-order valence-corrected chi connectivity index (χ0v) is 15.2. The van der Waals surface area contributed by atoms with E-state index in [0.29, 0.717) is 15.6 Å². The number of anilines is 1. The number of halogens is 2. The highest BCUT2D eigenvalue weighted by molar-refractivity contribution is 6.42. The number of benzene rings is 2. The van der Waals surface area contributed by atoms with Crippen molar-refractivity contribution in [2.24, 2.45) is 0 Å². The molecular weight excluding hydrogens is 343 g/mol. The average molecular weight is 363 g/mol. The van der Waals surface area contributed by atoms with Crippen LogP contribution >= 0.6 is 23.2 Å². The summed E-state index contributed by atoms with van der Waals surface area (Å²) < 4.78 is 0. The maximum atomic E-state index is 12.0. The van der Waals surface area contributed by atoms with E-state index in [1.807, 2.05) is 38.4 Å². The highest BCUT2D eigenvalue weighted by Crippen LogP contribution is 2.26. The second kappa shape index (κ2) is 8.88. The highest BCUT2D eigenvalue weighted by atomic mass is 35.5. The van der Waals surface area contributed by atoms with Gasteiger partial charge >= 0.3 is 0 Å². The van der Waals surface area contributed by atoms with Gasteiger partial charge in [-0.25, -0.2) is 0 Å². The molecule has 0 heterocycles. The van der Waals surface area contributed by atoms with Gasteiger partial charge in [0.2, 0.25) is 5.91 Å². The van der Waals surface area contributed by atoms with Crippen molar-refractivity contribution in [2.45, 2.75) is 6.42 Å². The number of nitrogens with zero attached hydrogens (tertiary/aromatic N) is 1. The molecule has 0 saturated heterocycles. The molecule has 2 aromatic rings. The molecule has 126 valence electrons. The van der Waals surface area contributed by atoms with Gasteiger partial charge in [0.15, 0.2) is 0 Å². The zero-order chi connectivity index (χ0) is 17.5. The minimum absolute atomic E-state index is 0.216. The summed E-state index contributed by atoms with van der Waals surface area (Å²) in [5.74, 6) is -0.216. The van der Waals surface area contributed by atoms with Crippen molar-refractivity contribution in [3.8, 4) is 0 Å². The van der Waals surface area contributed by atoms with Crippen LogP contribution in [0.3, 0.4) is 0 Å². The van der Waals surface area contributed by atoms with Crippen molar-refractivity contribution < 1.29 is 4.79 Å². The van der Waals surface area contributed by atoms with Gasteiger partial charge in [-0.05, 0) is 55.9 Å². The number of hydrogen-bond donors (Lipinski definition) is 1. The van der Waals surface area contributed by atoms with Gasteiger partial charge < -0.3 is 10.2 Å². The van der Waals surface area contributed by atoms with E-state index >= 15 is 0 Å². The Labute approximate surface area is 152 Å². The fourth-order valence-corrected chi connectivity index (χ4v) is 2.48. The van der Waals surface area contributed by atoms with Crippen molar-refractivity contribution in [1.29, 1.82) is 0 Å². The van der Waals surface area contributed by atoms with Gasteiger partial charge in [-0.2, -0.15) is 0 Å². The lowest BCUT2D eigenvalue weighted by molar-refractivity contribution is -0.111. The molecule has 0 aliphatic heterocycles. The molecule has 24 heavy (non-hydrogen) atoms. The molecule has 0 radical (unpaired) electrons. The molecule has 1 amide bonds. The Morgan fingerprint density at radius 3 is 2.50 bits per heavy atom. The standard InChI is InChI=1S/C19H20Cl2N2O/c1-23(2)13-12-14-6-9-16(10-7-14)22-18(24)11-8-15-4-3-5-17(20)19(15)21/h3-11H,12-13H2,1-2H3,(H,22,24)/b11-8+. The molecule has 0 aliphatic rings. The summed E-state index contributed by atoms with van der Waals surface area (Å²) in [7, 11) is 4.10. The largest absolute Gasteiger partial charge is 0.323 e. The predicted molar refractivity (Wildman–Crippen MR) is 103 cm³/mol. The van der Waals surface area contributed by atoms with Crippen molar-refractivity contribution in [3.63, 3.8) is 0 Å². The minimum Gasteiger partial charge on any atom is -0.323 e. The second-order valence-electron chi connectivity index (χ2n) is 5.72. The molecule has 2 aromatic carbocycles. The van der Waals surface area contributed by atoms with E-state index in [-0.39, 0.29) is 5.91 Å². The normalized spacial score (nSPS) is 11.2. The number of hydrogen-bond acceptors (Lipinski definition) is 2. The van der Waals surface area contributed by atoms with Crippen LogP contribution in [0.25, 0.3) is 6.08 Å². The van der Waals surface area contributed by atoms with E-state index in [4.69, 9.17) is 23.2 Å². The summed E-state index contributed by atoms with van der Waals surface area (Å²) in [4.78, 5) is 14.1. The van der Waals surface area contributed by atoms with Crippen LogP contribution in [0.5, 0.6) is 0 Å². The summed E-state index contributed by atoms with van der Waals surface area (Å²) in [6.45, 7) is 0.995. The van der Waals surface area contributed by atoms with E-state index in [1.165, 1.54) is 11.6 Å². The molecule has 0 atom stereocenters. The molecule has 0 fully saturated rings. The molecule has 0 bridgehead atoms. The lowest BCUT2D eigenvalue weighted by Crippen LogP contribution is -2.15. The molecule has 0 saturated carbocycles. The van der Waals surface area contributed by atoms with Gasteiger partial charge in [0.25, 0.3) is 0 Å². The van der Waals surface area contributed by atoms with Gasteiger partial charge in [0, 0.05) is 18.3 Å². The molecule has 0 aliphatic carbocycles. The van der Waals surface area contributed by atoms with E-state index in [0.717, 1.165) is 18.7 Å². The Kier molecular flexibility index (Phi) is 6.85. The van der Waals surface area contributed by atoms with Crippen molar-refractivity contribution in [2.75, 3.05) is 26.0 Å². The van der Waals surface area contributed by atoms with Crippen molar-refractivity contribution in [1.82, 2.24) is 4.90 Å². The van der Waals surface area contributed by atoms with Gasteiger partial charge in [0.05, 0.1) is 10.0 Å². The Morgan fingerprint density at radius 1 is 1.12 bits per heavy atom. The van der Waals surface area contributed by atoms with Gasteiger partial charge in [0.1, 0.15) is 0 Å². The van der Waals surface area contributed by atoms with Crippen molar-refractivity contribution >= 4 is 40.9 Å². The van der Waals surface area contributed by atoms with Crippen LogP contribution in [-0.4, -0.2) is 31.4 Å². The summed E-state index contributed by atoms with van der Waals surface area (Å²) in [6.07, 6.45) is 4.07. The third-order valence-corrected chi connectivity index (χ3v) is 4.30. The molecule has 2 rings (SSSR count). The first-order valence-electron chi connectivity index (χ1n) is 7.62. The number of carbonyl (C=O) groups excluding carboxylic acids is 1. The summed E-state index contributed by atoms with van der Waals surface area (Å²) >= 11 is 12.0. The number of rotatable bonds is 6. The van der Waals surface area contributed by atoms with Crippen LogP contribution < -0.4 is 5.32 Å². The third-order valence-electron chi connectivity index (χ3n) is 3.46. The first-order valence-corrected chi connectivity index (χ1v) is 8.38. The maximum absolute atomic E-state index is 12.0. The summed E-state index contributed by atoms with van der Waals surface area (Å²) in [6, 6.07) is 13.2. The lowest BCUT2D eigenvalue weighted by atomic mass is 10.1. The maximum Gasteiger partial charge on any atom is 0.248 e. The Hall–Kier alpha value is -1.81. The van der Waals surface area contributed by atoms with Crippen LogP contribution in [0, 0.1) is 0 Å². The molecule has 3 nitrogen and oxygen atoms in total. The Bertz CT molecular complexity index is 725. The molecule has 0 unspecified atom stereocenters. The fourth-order valence-electron chi connectivity index (χ4n) is 2.11.